The number of H-pyrrole nitrogens is 1. The lowest BCUT2D eigenvalue weighted by atomic mass is 10.1. The van der Waals surface area contributed by atoms with E-state index >= 15 is 0 Å². The number of hydrogen-bond donors (Lipinski definition) is 2. The topological polar surface area (TPSA) is 77.8 Å². The van der Waals surface area contributed by atoms with Gasteiger partial charge < -0.3 is 10.1 Å². The van der Waals surface area contributed by atoms with Crippen LogP contribution in [0, 0.1) is 13.8 Å². The molecular weight excluding hydrogens is 254 g/mol. The van der Waals surface area contributed by atoms with Gasteiger partial charge in [0.15, 0.2) is 5.82 Å². The van der Waals surface area contributed by atoms with Crippen LogP contribution in [0.15, 0.2) is 34.5 Å². The third kappa shape index (κ3) is 2.77. The standard InChI is InChI=1S/C15H17N3O2/c1-4-13-9(2)14(16-10(13)3)18-17-12-7-5-11(6-8-12)15(19)20/h5-8,16H,4H2,1-3H3,(H,19,20)/b18-17+. The second-order valence-corrected chi connectivity index (χ2v) is 4.61. The number of aromatic carboxylic acids is 1. The van der Waals surface area contributed by atoms with Gasteiger partial charge in [0.25, 0.3) is 0 Å². The second kappa shape index (κ2) is 5.69. The van der Waals surface area contributed by atoms with Crippen LogP contribution in [0.1, 0.15) is 34.1 Å². The molecule has 0 atom stereocenters. The smallest absolute Gasteiger partial charge is 0.335 e. The molecule has 2 rings (SSSR count). The van der Waals surface area contributed by atoms with Crippen LogP contribution in [-0.2, 0) is 6.42 Å². The predicted octanol–water partition coefficient (Wildman–Crippen LogP) is 4.31. The van der Waals surface area contributed by atoms with E-state index in [4.69, 9.17) is 5.11 Å². The molecule has 20 heavy (non-hydrogen) atoms. The maximum absolute atomic E-state index is 10.8. The minimum Gasteiger partial charge on any atom is -0.478 e. The molecule has 5 nitrogen and oxygen atoms in total. The fourth-order valence-electron chi connectivity index (χ4n) is 2.18. The summed E-state index contributed by atoms with van der Waals surface area (Å²) in [4.78, 5) is 14.0. The number of carbonyl (C=O) groups is 1. The first kappa shape index (κ1) is 14.0. The van der Waals surface area contributed by atoms with Gasteiger partial charge >= 0.3 is 5.97 Å². The van der Waals surface area contributed by atoms with Crippen molar-refractivity contribution in [3.8, 4) is 0 Å². The molecular formula is C15H17N3O2. The molecule has 0 radical (unpaired) electrons. The molecule has 0 aliphatic carbocycles. The van der Waals surface area contributed by atoms with Crippen molar-refractivity contribution in [1.82, 2.24) is 4.98 Å². The Labute approximate surface area is 117 Å². The van der Waals surface area contributed by atoms with Gasteiger partial charge in [0, 0.05) is 5.69 Å². The van der Waals surface area contributed by atoms with Gasteiger partial charge in [-0.2, -0.15) is 0 Å². The number of aryl methyl sites for hydroxylation is 1. The van der Waals surface area contributed by atoms with Crippen LogP contribution in [0.4, 0.5) is 11.5 Å². The van der Waals surface area contributed by atoms with Crippen molar-refractivity contribution in [3.63, 3.8) is 0 Å². The summed E-state index contributed by atoms with van der Waals surface area (Å²) in [6.07, 6.45) is 0.955. The fraction of sp³-hybridized carbons (Fsp3) is 0.267. The molecule has 0 aliphatic heterocycles. The summed E-state index contributed by atoms with van der Waals surface area (Å²) in [6, 6.07) is 6.31. The van der Waals surface area contributed by atoms with E-state index in [-0.39, 0.29) is 5.56 Å². The maximum atomic E-state index is 10.8. The van der Waals surface area contributed by atoms with Gasteiger partial charge in [0.2, 0.25) is 0 Å². The Kier molecular flexibility index (Phi) is 3.98. The molecule has 1 aromatic carbocycles. The number of carboxylic acids is 1. The molecule has 2 N–H and O–H groups in total. The minimum absolute atomic E-state index is 0.240. The Morgan fingerprint density at radius 2 is 1.85 bits per heavy atom. The van der Waals surface area contributed by atoms with Gasteiger partial charge in [-0.25, -0.2) is 4.79 Å². The van der Waals surface area contributed by atoms with Gasteiger partial charge in [-0.15, -0.1) is 10.2 Å². The van der Waals surface area contributed by atoms with E-state index in [1.807, 2.05) is 13.8 Å². The highest BCUT2D eigenvalue weighted by molar-refractivity contribution is 5.87. The number of benzene rings is 1. The molecule has 0 aliphatic rings. The van der Waals surface area contributed by atoms with Gasteiger partial charge in [-0.3, -0.25) is 0 Å². The largest absolute Gasteiger partial charge is 0.478 e. The summed E-state index contributed by atoms with van der Waals surface area (Å²) < 4.78 is 0. The van der Waals surface area contributed by atoms with Crippen LogP contribution in [0.3, 0.4) is 0 Å². The van der Waals surface area contributed by atoms with E-state index in [0.29, 0.717) is 5.69 Å². The molecule has 0 spiro atoms. The number of azo groups is 1. The molecule has 0 amide bonds. The first-order chi connectivity index (χ1) is 9.52. The highest BCUT2D eigenvalue weighted by Crippen LogP contribution is 2.26. The van der Waals surface area contributed by atoms with Crippen LogP contribution in [-0.4, -0.2) is 16.1 Å². The summed E-state index contributed by atoms with van der Waals surface area (Å²) in [5, 5.41) is 17.2. The molecule has 2 aromatic rings. The first-order valence-electron chi connectivity index (χ1n) is 6.46. The molecule has 0 fully saturated rings. The highest BCUT2D eigenvalue weighted by Gasteiger charge is 2.09. The lowest BCUT2D eigenvalue weighted by Crippen LogP contribution is -1.93. The van der Waals surface area contributed by atoms with Crippen LogP contribution in [0.2, 0.25) is 0 Å². The molecule has 1 aromatic heterocycles. The first-order valence-corrected chi connectivity index (χ1v) is 6.46. The molecule has 0 saturated carbocycles. The van der Waals surface area contributed by atoms with Gasteiger partial charge in [0.1, 0.15) is 0 Å². The van der Waals surface area contributed by atoms with Gasteiger partial charge in [0.05, 0.1) is 11.3 Å². The van der Waals surface area contributed by atoms with E-state index in [2.05, 4.69) is 22.1 Å². The maximum Gasteiger partial charge on any atom is 0.335 e. The molecule has 104 valence electrons. The lowest BCUT2D eigenvalue weighted by molar-refractivity contribution is 0.0697. The Morgan fingerprint density at radius 1 is 1.20 bits per heavy atom. The van der Waals surface area contributed by atoms with Crippen LogP contribution < -0.4 is 0 Å². The van der Waals surface area contributed by atoms with Crippen molar-refractivity contribution < 1.29 is 9.90 Å². The fourth-order valence-corrected chi connectivity index (χ4v) is 2.18. The van der Waals surface area contributed by atoms with Crippen LogP contribution >= 0.6 is 0 Å². The Morgan fingerprint density at radius 3 is 2.35 bits per heavy atom. The molecule has 5 heteroatoms. The number of nitrogens with one attached hydrogen (secondary N) is 1. The monoisotopic (exact) mass is 271 g/mol. The quantitative estimate of drug-likeness (QED) is 0.813. The molecule has 1 heterocycles. The SMILES string of the molecule is CCc1c(C)[nH]c(/N=N/c2ccc(C(=O)O)cc2)c1C. The number of aromatic nitrogens is 1. The predicted molar refractivity (Wildman–Crippen MR) is 77.2 cm³/mol. The molecule has 0 unspecified atom stereocenters. The summed E-state index contributed by atoms with van der Waals surface area (Å²) in [7, 11) is 0. The zero-order valence-electron chi connectivity index (χ0n) is 11.8. The van der Waals surface area contributed by atoms with Crippen molar-refractivity contribution in [3.05, 3.63) is 46.6 Å². The lowest BCUT2D eigenvalue weighted by Gasteiger charge is -1.96. The zero-order valence-corrected chi connectivity index (χ0v) is 11.8. The van der Waals surface area contributed by atoms with Crippen LogP contribution in [0.25, 0.3) is 0 Å². The summed E-state index contributed by atoms with van der Waals surface area (Å²) in [5.41, 5.74) is 4.35. The van der Waals surface area contributed by atoms with Crippen molar-refractivity contribution in [2.45, 2.75) is 27.2 Å². The average molecular weight is 271 g/mol. The van der Waals surface area contributed by atoms with E-state index in [1.54, 1.807) is 12.1 Å². The van der Waals surface area contributed by atoms with Crippen LogP contribution in [0.5, 0.6) is 0 Å². The Bertz CT molecular complexity index is 655. The van der Waals surface area contributed by atoms with E-state index < -0.39 is 5.97 Å². The minimum atomic E-state index is -0.947. The number of aromatic amines is 1. The third-order valence-electron chi connectivity index (χ3n) is 3.30. The van der Waals surface area contributed by atoms with Crippen molar-refractivity contribution >= 4 is 17.5 Å². The van der Waals surface area contributed by atoms with E-state index in [9.17, 15) is 4.79 Å². The average Bonchev–Trinajstić information content (AvgIpc) is 2.71. The molecule has 0 saturated heterocycles. The summed E-state index contributed by atoms with van der Waals surface area (Å²) in [6.45, 7) is 6.14. The zero-order chi connectivity index (χ0) is 14.7. The highest BCUT2D eigenvalue weighted by atomic mass is 16.4. The van der Waals surface area contributed by atoms with Crippen molar-refractivity contribution in [2.75, 3.05) is 0 Å². The number of carboxylic acid groups (broad SMARTS) is 1. The van der Waals surface area contributed by atoms with E-state index in [1.165, 1.54) is 17.7 Å². The Hall–Kier alpha value is -2.43. The number of rotatable bonds is 4. The van der Waals surface area contributed by atoms with Gasteiger partial charge in [-0.1, -0.05) is 6.92 Å². The van der Waals surface area contributed by atoms with Gasteiger partial charge in [-0.05, 0) is 55.7 Å². The van der Waals surface area contributed by atoms with E-state index in [0.717, 1.165) is 23.5 Å². The van der Waals surface area contributed by atoms with Crippen molar-refractivity contribution in [1.29, 1.82) is 0 Å². The summed E-state index contributed by atoms with van der Waals surface area (Å²) >= 11 is 0. The number of hydrogen-bond acceptors (Lipinski definition) is 3. The summed E-state index contributed by atoms with van der Waals surface area (Å²) in [5.74, 6) is -0.196. The normalized spacial score (nSPS) is 11.2. The molecule has 0 bridgehead atoms. The second-order valence-electron chi connectivity index (χ2n) is 4.61. The Balaban J connectivity index is 2.23. The van der Waals surface area contributed by atoms with Crippen molar-refractivity contribution in [2.24, 2.45) is 10.2 Å². The third-order valence-corrected chi connectivity index (χ3v) is 3.30. The number of nitrogens with zero attached hydrogens (tertiary/aromatic N) is 2.